The number of fused-ring (bicyclic) bond motifs is 1. The minimum Gasteiger partial charge on any atom is -0.497 e. The second-order valence-electron chi connectivity index (χ2n) is 7.42. The molecule has 2 heterocycles. The maximum atomic E-state index is 5.95. The molecule has 0 spiro atoms. The lowest BCUT2D eigenvalue weighted by molar-refractivity contribution is 0.415. The molecule has 0 saturated heterocycles. The van der Waals surface area contributed by atoms with E-state index >= 15 is 0 Å². The highest BCUT2D eigenvalue weighted by atomic mass is 16.5. The van der Waals surface area contributed by atoms with Crippen LogP contribution in [0.3, 0.4) is 0 Å². The van der Waals surface area contributed by atoms with E-state index in [0.717, 1.165) is 45.1 Å². The van der Waals surface area contributed by atoms with Crippen LogP contribution >= 0.6 is 0 Å². The molecule has 0 radical (unpaired) electrons. The Morgan fingerprint density at radius 2 is 1.50 bits per heavy atom. The smallest absolute Gasteiger partial charge is 0.229 e. The van der Waals surface area contributed by atoms with Gasteiger partial charge in [0.2, 0.25) is 5.95 Å². The number of benzene rings is 3. The van der Waals surface area contributed by atoms with Gasteiger partial charge in [-0.05, 0) is 67.6 Å². The van der Waals surface area contributed by atoms with Crippen molar-refractivity contribution in [1.82, 2.24) is 9.97 Å². The van der Waals surface area contributed by atoms with E-state index in [9.17, 15) is 0 Å². The van der Waals surface area contributed by atoms with Gasteiger partial charge in [-0.2, -0.15) is 4.98 Å². The van der Waals surface area contributed by atoms with Gasteiger partial charge in [0.15, 0.2) is 0 Å². The van der Waals surface area contributed by atoms with Gasteiger partial charge in [0.25, 0.3) is 0 Å². The number of nitrogens with zero attached hydrogens (tertiary/aromatic N) is 2. The molecule has 32 heavy (non-hydrogen) atoms. The quantitative estimate of drug-likeness (QED) is 0.317. The van der Waals surface area contributed by atoms with Crippen LogP contribution in [0.25, 0.3) is 22.3 Å². The van der Waals surface area contributed by atoms with Crippen LogP contribution < -0.4 is 15.4 Å². The molecule has 0 amide bonds. The van der Waals surface area contributed by atoms with Gasteiger partial charge in [-0.1, -0.05) is 18.2 Å². The largest absolute Gasteiger partial charge is 0.497 e. The molecule has 2 aromatic heterocycles. The lowest BCUT2D eigenvalue weighted by atomic mass is 10.1. The number of methoxy groups -OCH3 is 1. The second kappa shape index (κ2) is 8.43. The normalized spacial score (nSPS) is 10.8. The van der Waals surface area contributed by atoms with Crippen molar-refractivity contribution in [1.29, 1.82) is 0 Å². The Morgan fingerprint density at radius 1 is 0.781 bits per heavy atom. The molecular weight excluding hydrogens is 400 g/mol. The Balaban J connectivity index is 1.33. The summed E-state index contributed by atoms with van der Waals surface area (Å²) in [5.41, 5.74) is 4.57. The number of rotatable bonds is 6. The second-order valence-corrected chi connectivity index (χ2v) is 7.42. The summed E-state index contributed by atoms with van der Waals surface area (Å²) in [7, 11) is 1.65. The standard InChI is InChI=1S/C26H22N4O2/c1-17-15-25(28-20-11-13-22(31-2)14-12-20)30-26(27-17)29-21-9-7-18(8-10-21)24-16-19-5-3-4-6-23(19)32-24/h3-16H,1-2H3,(H2,27,28,29,30). The Kier molecular flexibility index (Phi) is 5.17. The number of nitrogens with one attached hydrogen (secondary N) is 2. The molecule has 0 saturated carbocycles. The lowest BCUT2D eigenvalue weighted by Crippen LogP contribution is -2.02. The summed E-state index contributed by atoms with van der Waals surface area (Å²) in [5.74, 6) is 2.89. The van der Waals surface area contributed by atoms with Gasteiger partial charge in [0, 0.05) is 34.1 Å². The predicted octanol–water partition coefficient (Wildman–Crippen LogP) is 6.69. The highest BCUT2D eigenvalue weighted by Gasteiger charge is 2.07. The number of anilines is 4. The van der Waals surface area contributed by atoms with E-state index in [2.05, 4.69) is 26.7 Å². The fourth-order valence-corrected chi connectivity index (χ4v) is 3.48. The Morgan fingerprint density at radius 3 is 2.25 bits per heavy atom. The number of ether oxygens (including phenoxy) is 1. The third kappa shape index (κ3) is 4.25. The van der Waals surface area contributed by atoms with Gasteiger partial charge in [0.05, 0.1) is 7.11 Å². The topological polar surface area (TPSA) is 72.2 Å². The zero-order valence-corrected chi connectivity index (χ0v) is 17.8. The van der Waals surface area contributed by atoms with Crippen LogP contribution in [0.1, 0.15) is 5.69 Å². The third-order valence-electron chi connectivity index (χ3n) is 5.07. The van der Waals surface area contributed by atoms with Crippen molar-refractivity contribution in [3.05, 3.63) is 90.6 Å². The fraction of sp³-hybridized carbons (Fsp3) is 0.0769. The number of furan rings is 1. The van der Waals surface area contributed by atoms with E-state index in [-0.39, 0.29) is 0 Å². The lowest BCUT2D eigenvalue weighted by Gasteiger charge is -2.11. The predicted molar refractivity (Wildman–Crippen MR) is 128 cm³/mol. The maximum absolute atomic E-state index is 5.95. The van der Waals surface area contributed by atoms with E-state index < -0.39 is 0 Å². The number of aromatic nitrogens is 2. The van der Waals surface area contributed by atoms with E-state index in [4.69, 9.17) is 9.15 Å². The molecule has 3 aromatic carbocycles. The van der Waals surface area contributed by atoms with Crippen molar-refractivity contribution < 1.29 is 9.15 Å². The summed E-state index contributed by atoms with van der Waals surface area (Å²) < 4.78 is 11.2. The van der Waals surface area contributed by atoms with Crippen molar-refractivity contribution in [2.75, 3.05) is 17.7 Å². The van der Waals surface area contributed by atoms with Crippen LogP contribution in [0.15, 0.2) is 89.3 Å². The Labute approximate surface area is 185 Å². The van der Waals surface area contributed by atoms with E-state index in [1.165, 1.54) is 0 Å². The summed E-state index contributed by atoms with van der Waals surface area (Å²) in [4.78, 5) is 9.10. The summed E-state index contributed by atoms with van der Waals surface area (Å²) >= 11 is 0. The molecule has 6 nitrogen and oxygen atoms in total. The highest BCUT2D eigenvalue weighted by Crippen LogP contribution is 2.29. The van der Waals surface area contributed by atoms with Crippen molar-refractivity contribution in [3.63, 3.8) is 0 Å². The molecule has 0 aliphatic heterocycles. The number of para-hydroxylation sites is 1. The molecule has 0 fully saturated rings. The van der Waals surface area contributed by atoms with Crippen LogP contribution in [0, 0.1) is 6.92 Å². The molecule has 0 aliphatic carbocycles. The van der Waals surface area contributed by atoms with Crippen molar-refractivity contribution in [2.45, 2.75) is 6.92 Å². The number of hydrogen-bond donors (Lipinski definition) is 2. The SMILES string of the molecule is COc1ccc(Nc2cc(C)nc(Nc3ccc(-c4cc5ccccc5o4)cc3)n2)cc1. The Bertz CT molecular complexity index is 1330. The van der Waals surface area contributed by atoms with E-state index in [0.29, 0.717) is 11.8 Å². The molecular formula is C26H22N4O2. The van der Waals surface area contributed by atoms with Gasteiger partial charge in [0.1, 0.15) is 22.9 Å². The molecule has 5 rings (SSSR count). The number of hydrogen-bond acceptors (Lipinski definition) is 6. The zero-order valence-electron chi connectivity index (χ0n) is 17.8. The Hall–Kier alpha value is -4.32. The molecule has 0 atom stereocenters. The van der Waals surface area contributed by atoms with Crippen LogP contribution in [-0.4, -0.2) is 17.1 Å². The first-order valence-electron chi connectivity index (χ1n) is 10.3. The maximum Gasteiger partial charge on any atom is 0.229 e. The first-order valence-corrected chi connectivity index (χ1v) is 10.3. The van der Waals surface area contributed by atoms with E-state index in [1.54, 1.807) is 7.11 Å². The first-order chi connectivity index (χ1) is 15.7. The monoisotopic (exact) mass is 422 g/mol. The molecule has 6 heteroatoms. The first kappa shape index (κ1) is 19.6. The highest BCUT2D eigenvalue weighted by molar-refractivity contribution is 5.83. The third-order valence-corrected chi connectivity index (χ3v) is 5.07. The molecule has 158 valence electrons. The minimum absolute atomic E-state index is 0.525. The van der Waals surface area contributed by atoms with Crippen LogP contribution in [0.2, 0.25) is 0 Å². The van der Waals surface area contributed by atoms with Crippen molar-refractivity contribution >= 4 is 34.1 Å². The summed E-state index contributed by atoms with van der Waals surface area (Å²) in [5, 5.41) is 7.68. The van der Waals surface area contributed by atoms with Crippen LogP contribution in [-0.2, 0) is 0 Å². The van der Waals surface area contributed by atoms with Gasteiger partial charge in [-0.15, -0.1) is 0 Å². The van der Waals surface area contributed by atoms with Gasteiger partial charge in [-0.25, -0.2) is 4.98 Å². The molecule has 2 N–H and O–H groups in total. The zero-order chi connectivity index (χ0) is 21.9. The van der Waals surface area contributed by atoms with Crippen molar-refractivity contribution in [2.24, 2.45) is 0 Å². The van der Waals surface area contributed by atoms with Crippen LogP contribution in [0.5, 0.6) is 5.75 Å². The minimum atomic E-state index is 0.525. The molecule has 0 bridgehead atoms. The summed E-state index contributed by atoms with van der Waals surface area (Å²) in [6.07, 6.45) is 0. The fourth-order valence-electron chi connectivity index (χ4n) is 3.48. The van der Waals surface area contributed by atoms with Crippen LogP contribution in [0.4, 0.5) is 23.1 Å². The molecule has 5 aromatic rings. The average molecular weight is 422 g/mol. The van der Waals surface area contributed by atoms with E-state index in [1.807, 2.05) is 85.8 Å². The summed E-state index contributed by atoms with van der Waals surface area (Å²) in [6, 6.07) is 27.7. The van der Waals surface area contributed by atoms with Gasteiger partial charge < -0.3 is 19.8 Å². The molecule has 0 aliphatic rings. The van der Waals surface area contributed by atoms with Gasteiger partial charge in [-0.3, -0.25) is 0 Å². The van der Waals surface area contributed by atoms with Gasteiger partial charge >= 0.3 is 0 Å². The van der Waals surface area contributed by atoms with Crippen molar-refractivity contribution in [3.8, 4) is 17.1 Å². The summed E-state index contributed by atoms with van der Waals surface area (Å²) in [6.45, 7) is 1.94. The average Bonchev–Trinajstić information content (AvgIpc) is 3.24. The number of aryl methyl sites for hydroxylation is 1. The molecule has 0 unspecified atom stereocenters.